The third-order valence-corrected chi connectivity index (χ3v) is 6.22. The first-order chi connectivity index (χ1) is 17.2. The van der Waals surface area contributed by atoms with Gasteiger partial charge in [0.1, 0.15) is 24.8 Å². The normalized spacial score (nSPS) is 15.0. The van der Waals surface area contributed by atoms with Crippen molar-refractivity contribution < 1.29 is 14.3 Å². The van der Waals surface area contributed by atoms with Gasteiger partial charge in [0, 0.05) is 44.3 Å². The molecule has 1 N–H and O–H groups in total. The van der Waals surface area contributed by atoms with Crippen LogP contribution in [0.25, 0.3) is 0 Å². The predicted octanol–water partition coefficient (Wildman–Crippen LogP) is 3.65. The van der Waals surface area contributed by atoms with Crippen LogP contribution < -0.4 is 19.7 Å². The number of hydrogen-bond donors (Lipinski definition) is 1. The monoisotopic (exact) mass is 491 g/mol. The molecule has 0 radical (unpaired) electrons. The summed E-state index contributed by atoms with van der Waals surface area (Å²) in [7, 11) is 0. The lowest BCUT2D eigenvalue weighted by molar-refractivity contribution is -0.133. The van der Waals surface area contributed by atoms with Gasteiger partial charge in [0.2, 0.25) is 0 Å². The number of hydrogen-bond acceptors (Lipinski definition) is 7. The van der Waals surface area contributed by atoms with Crippen LogP contribution in [-0.2, 0) is 11.4 Å². The number of rotatable bonds is 7. The highest BCUT2D eigenvalue weighted by Gasteiger charge is 2.22. The Balaban J connectivity index is 1.29. The number of benzene rings is 2. The summed E-state index contributed by atoms with van der Waals surface area (Å²) in [5.74, 6) is 1.20. The Labute approximate surface area is 209 Å². The van der Waals surface area contributed by atoms with Crippen LogP contribution in [0.5, 0.6) is 11.5 Å². The summed E-state index contributed by atoms with van der Waals surface area (Å²) in [5.41, 5.74) is 3.48. The summed E-state index contributed by atoms with van der Waals surface area (Å²) in [6.45, 7) is 3.80. The molecular weight excluding hydrogens is 466 g/mol. The molecule has 5 rings (SSSR count). The largest absolute Gasteiger partial charge is 0.486 e. The zero-order valence-corrected chi connectivity index (χ0v) is 19.9. The van der Waals surface area contributed by atoms with Crippen molar-refractivity contribution in [2.24, 2.45) is 4.99 Å². The number of aliphatic imine (C=N–C) groups is 1. The Hall–Kier alpha value is -3.62. The molecule has 0 atom stereocenters. The average molecular weight is 492 g/mol. The predicted molar refractivity (Wildman–Crippen MR) is 136 cm³/mol. The summed E-state index contributed by atoms with van der Waals surface area (Å²) in [5, 5.41) is 3.75. The highest BCUT2D eigenvalue weighted by molar-refractivity contribution is 6.32. The fraction of sp³-hybridized carbons (Fsp3) is 0.269. The maximum absolute atomic E-state index is 12.5. The number of nitrogens with zero attached hydrogens (tertiary/aromatic N) is 4. The quantitative estimate of drug-likeness (QED) is 0.543. The molecule has 35 heavy (non-hydrogen) atoms. The Morgan fingerprint density at radius 3 is 2.71 bits per heavy atom. The van der Waals surface area contributed by atoms with E-state index in [4.69, 9.17) is 21.1 Å². The number of ether oxygens (including phenoxy) is 2. The van der Waals surface area contributed by atoms with Crippen LogP contribution in [0.15, 0.2) is 65.8 Å². The van der Waals surface area contributed by atoms with E-state index in [1.165, 1.54) is 0 Å². The van der Waals surface area contributed by atoms with Crippen LogP contribution in [0, 0.1) is 0 Å². The molecule has 1 fully saturated rings. The van der Waals surface area contributed by atoms with Gasteiger partial charge in [-0.2, -0.15) is 0 Å². The maximum Gasteiger partial charge on any atom is 0.260 e. The van der Waals surface area contributed by atoms with E-state index in [0.717, 1.165) is 35.7 Å². The minimum Gasteiger partial charge on any atom is -0.486 e. The van der Waals surface area contributed by atoms with Crippen molar-refractivity contribution in [1.82, 2.24) is 15.2 Å². The number of carbonyl (C=O) groups is 1. The molecule has 0 unspecified atom stereocenters. The van der Waals surface area contributed by atoms with Gasteiger partial charge in [0.15, 0.2) is 6.61 Å². The zero-order chi connectivity index (χ0) is 24.0. The molecule has 1 aromatic heterocycles. The molecular formula is C26H26ClN5O3. The molecule has 8 nitrogen and oxygen atoms in total. The molecule has 2 aromatic carbocycles. The van der Waals surface area contributed by atoms with Crippen molar-refractivity contribution in [3.8, 4) is 11.5 Å². The lowest BCUT2D eigenvalue weighted by Crippen LogP contribution is -2.48. The molecule has 2 aliphatic heterocycles. The first-order valence-corrected chi connectivity index (χ1v) is 11.9. The van der Waals surface area contributed by atoms with Gasteiger partial charge in [-0.3, -0.25) is 14.8 Å². The van der Waals surface area contributed by atoms with E-state index in [2.05, 4.69) is 20.2 Å². The second-order valence-corrected chi connectivity index (χ2v) is 8.62. The highest BCUT2D eigenvalue weighted by Crippen LogP contribution is 2.38. The summed E-state index contributed by atoms with van der Waals surface area (Å²) >= 11 is 6.55. The van der Waals surface area contributed by atoms with Crippen molar-refractivity contribution in [3.63, 3.8) is 0 Å². The van der Waals surface area contributed by atoms with Gasteiger partial charge in [-0.05, 0) is 42.5 Å². The topological polar surface area (TPSA) is 79.3 Å². The van der Waals surface area contributed by atoms with Crippen LogP contribution >= 0.6 is 11.6 Å². The van der Waals surface area contributed by atoms with E-state index in [1.54, 1.807) is 12.4 Å². The van der Waals surface area contributed by atoms with E-state index in [-0.39, 0.29) is 12.5 Å². The lowest BCUT2D eigenvalue weighted by Gasteiger charge is -2.29. The van der Waals surface area contributed by atoms with Crippen molar-refractivity contribution in [3.05, 3.63) is 77.1 Å². The van der Waals surface area contributed by atoms with Crippen molar-refractivity contribution in [2.75, 3.05) is 44.4 Å². The van der Waals surface area contributed by atoms with Gasteiger partial charge < -0.3 is 24.6 Å². The minimum atomic E-state index is -0.0122. The summed E-state index contributed by atoms with van der Waals surface area (Å²) in [6, 6.07) is 17.1. The maximum atomic E-state index is 12.5. The SMILES string of the molecule is O=C(COc1cccc2c1C=NCN2c1ccc(OCc2ccccn2)c(Cl)c1)N1CCNCC1. The Morgan fingerprint density at radius 1 is 1.03 bits per heavy atom. The van der Waals surface area contributed by atoms with E-state index in [9.17, 15) is 4.79 Å². The molecule has 2 aliphatic rings. The first kappa shape index (κ1) is 23.1. The smallest absolute Gasteiger partial charge is 0.260 e. The van der Waals surface area contributed by atoms with Crippen LogP contribution in [0.3, 0.4) is 0 Å². The Kier molecular flexibility index (Phi) is 7.11. The summed E-state index contributed by atoms with van der Waals surface area (Å²) in [4.78, 5) is 25.2. The molecule has 0 aliphatic carbocycles. The number of anilines is 2. The Morgan fingerprint density at radius 2 is 1.91 bits per heavy atom. The van der Waals surface area contributed by atoms with E-state index < -0.39 is 0 Å². The molecule has 180 valence electrons. The number of nitrogens with one attached hydrogen (secondary N) is 1. The van der Waals surface area contributed by atoms with Gasteiger partial charge in [0.25, 0.3) is 5.91 Å². The summed E-state index contributed by atoms with van der Waals surface area (Å²) < 4.78 is 11.8. The van der Waals surface area contributed by atoms with Gasteiger partial charge in [-0.25, -0.2) is 0 Å². The van der Waals surface area contributed by atoms with Crippen LogP contribution in [0.4, 0.5) is 11.4 Å². The van der Waals surface area contributed by atoms with Crippen LogP contribution in [-0.4, -0.2) is 61.5 Å². The van der Waals surface area contributed by atoms with Crippen LogP contribution in [0.1, 0.15) is 11.3 Å². The molecule has 1 amide bonds. The van der Waals surface area contributed by atoms with Crippen LogP contribution in [0.2, 0.25) is 5.02 Å². The second kappa shape index (κ2) is 10.8. The molecule has 3 aromatic rings. The minimum absolute atomic E-state index is 0.00156. The van der Waals surface area contributed by atoms with Gasteiger partial charge >= 0.3 is 0 Å². The fourth-order valence-electron chi connectivity index (χ4n) is 4.09. The average Bonchev–Trinajstić information content (AvgIpc) is 2.91. The number of amides is 1. The van der Waals surface area contributed by atoms with Gasteiger partial charge in [0.05, 0.1) is 22.0 Å². The number of carbonyl (C=O) groups excluding carboxylic acids is 1. The second-order valence-electron chi connectivity index (χ2n) is 8.21. The number of halogens is 1. The molecule has 9 heteroatoms. The van der Waals surface area contributed by atoms with Crippen molar-refractivity contribution in [1.29, 1.82) is 0 Å². The fourth-order valence-corrected chi connectivity index (χ4v) is 4.32. The van der Waals surface area contributed by atoms with E-state index >= 15 is 0 Å². The Bertz CT molecular complexity index is 1210. The number of pyridine rings is 1. The molecule has 1 saturated heterocycles. The first-order valence-electron chi connectivity index (χ1n) is 11.5. The number of fused-ring (bicyclic) bond motifs is 1. The third-order valence-electron chi connectivity index (χ3n) is 5.93. The van der Waals surface area contributed by atoms with Gasteiger partial charge in [-0.15, -0.1) is 0 Å². The molecule has 0 saturated carbocycles. The third kappa shape index (κ3) is 5.39. The highest BCUT2D eigenvalue weighted by atomic mass is 35.5. The molecule has 3 heterocycles. The van der Waals surface area contributed by atoms with Crippen molar-refractivity contribution in [2.45, 2.75) is 6.61 Å². The zero-order valence-electron chi connectivity index (χ0n) is 19.2. The molecule has 0 spiro atoms. The number of aromatic nitrogens is 1. The number of piperazine rings is 1. The molecule has 0 bridgehead atoms. The summed E-state index contributed by atoms with van der Waals surface area (Å²) in [6.07, 6.45) is 3.53. The van der Waals surface area contributed by atoms with E-state index in [1.807, 2.05) is 59.5 Å². The van der Waals surface area contributed by atoms with E-state index in [0.29, 0.717) is 42.9 Å². The standard InChI is InChI=1S/C26H26ClN5O3/c27-22-14-20(7-8-25(22)34-16-19-4-1-2-9-30-19)32-18-29-15-21-23(32)5-3-6-24(21)35-17-26(33)31-12-10-28-11-13-31/h1-9,14-15,28H,10-13,16-18H2. The van der Waals surface area contributed by atoms with Gasteiger partial charge in [-0.1, -0.05) is 23.7 Å². The lowest BCUT2D eigenvalue weighted by atomic mass is 10.1. The van der Waals surface area contributed by atoms with Crippen molar-refractivity contribution >= 4 is 35.1 Å².